The lowest BCUT2D eigenvalue weighted by Gasteiger charge is -2.28. The van der Waals surface area contributed by atoms with Crippen molar-refractivity contribution in [2.45, 2.75) is 44.6 Å². The van der Waals surface area contributed by atoms with Gasteiger partial charge in [-0.1, -0.05) is 24.3 Å². The highest BCUT2D eigenvalue weighted by atomic mass is 32.1. The Morgan fingerprint density at radius 3 is 2.95 bits per heavy atom. The van der Waals surface area contributed by atoms with Crippen LogP contribution in [-0.4, -0.2) is 10.1 Å². The van der Waals surface area contributed by atoms with Gasteiger partial charge in [-0.25, -0.2) is 4.98 Å². The van der Waals surface area contributed by atoms with Crippen LogP contribution in [0.1, 0.15) is 41.1 Å². The van der Waals surface area contributed by atoms with E-state index in [-0.39, 0.29) is 0 Å². The van der Waals surface area contributed by atoms with Crippen LogP contribution >= 0.6 is 11.3 Å². The number of thiazole rings is 1. The Balaban J connectivity index is 1.97. The van der Waals surface area contributed by atoms with Gasteiger partial charge in [0.25, 0.3) is 0 Å². The number of hydrogen-bond donors (Lipinski definition) is 1. The molecular weight excluding hydrogens is 254 g/mol. The van der Waals surface area contributed by atoms with Gasteiger partial charge in [-0.15, -0.1) is 11.3 Å². The largest absolute Gasteiger partial charge is 0.385 e. The van der Waals surface area contributed by atoms with Crippen molar-refractivity contribution in [2.24, 2.45) is 0 Å². The SMILES string of the molecule is Cc1csc(CC2(O)CCCCc3ccccc32)n1. The van der Waals surface area contributed by atoms with Gasteiger partial charge in [0, 0.05) is 17.5 Å². The quantitative estimate of drug-likeness (QED) is 0.848. The molecule has 0 bridgehead atoms. The Kier molecular flexibility index (Phi) is 3.42. The Hall–Kier alpha value is -1.19. The fourth-order valence-corrected chi connectivity index (χ4v) is 3.86. The van der Waals surface area contributed by atoms with Gasteiger partial charge in [-0.3, -0.25) is 0 Å². The number of nitrogens with zero attached hydrogens (tertiary/aromatic N) is 1. The van der Waals surface area contributed by atoms with E-state index in [0.29, 0.717) is 6.42 Å². The molecule has 0 amide bonds. The van der Waals surface area contributed by atoms with Crippen molar-refractivity contribution < 1.29 is 5.11 Å². The van der Waals surface area contributed by atoms with E-state index < -0.39 is 5.60 Å². The van der Waals surface area contributed by atoms with E-state index in [1.54, 1.807) is 11.3 Å². The van der Waals surface area contributed by atoms with E-state index in [2.05, 4.69) is 28.6 Å². The Bertz CT molecular complexity index is 578. The number of benzene rings is 1. The summed E-state index contributed by atoms with van der Waals surface area (Å²) in [4.78, 5) is 4.51. The third kappa shape index (κ3) is 2.58. The van der Waals surface area contributed by atoms with Gasteiger partial charge >= 0.3 is 0 Å². The first-order chi connectivity index (χ1) is 9.17. The van der Waals surface area contributed by atoms with Crippen LogP contribution in [-0.2, 0) is 18.4 Å². The summed E-state index contributed by atoms with van der Waals surface area (Å²) in [5.41, 5.74) is 2.72. The highest BCUT2D eigenvalue weighted by Crippen LogP contribution is 2.37. The maximum atomic E-state index is 11.1. The zero-order valence-electron chi connectivity index (χ0n) is 11.2. The van der Waals surface area contributed by atoms with Gasteiger partial charge < -0.3 is 5.11 Å². The minimum absolute atomic E-state index is 0.641. The molecule has 1 aliphatic carbocycles. The maximum Gasteiger partial charge on any atom is 0.0962 e. The molecule has 1 atom stereocenters. The molecule has 2 aromatic rings. The van der Waals surface area contributed by atoms with Gasteiger partial charge in [0.2, 0.25) is 0 Å². The molecule has 1 aromatic carbocycles. The van der Waals surface area contributed by atoms with Crippen molar-refractivity contribution in [3.63, 3.8) is 0 Å². The summed E-state index contributed by atoms with van der Waals surface area (Å²) in [6.45, 7) is 2.01. The third-order valence-electron chi connectivity index (χ3n) is 3.92. The van der Waals surface area contributed by atoms with Crippen molar-refractivity contribution in [2.75, 3.05) is 0 Å². The number of aliphatic hydroxyl groups is 1. The number of aromatic nitrogens is 1. The standard InChI is InChI=1S/C16H19NOS/c1-12-11-19-15(17-12)10-16(18)9-5-4-7-13-6-2-3-8-14(13)16/h2-3,6,8,11,18H,4-5,7,9-10H2,1H3. The predicted molar refractivity (Wildman–Crippen MR) is 78.4 cm³/mol. The zero-order valence-corrected chi connectivity index (χ0v) is 12.0. The van der Waals surface area contributed by atoms with E-state index in [9.17, 15) is 5.11 Å². The molecule has 0 saturated carbocycles. The lowest BCUT2D eigenvalue weighted by molar-refractivity contribution is 0.0271. The second-order valence-electron chi connectivity index (χ2n) is 5.46. The van der Waals surface area contributed by atoms with Gasteiger partial charge in [0.1, 0.15) is 0 Å². The number of rotatable bonds is 2. The summed E-state index contributed by atoms with van der Waals surface area (Å²) in [5.74, 6) is 0. The van der Waals surface area contributed by atoms with Crippen LogP contribution in [0.4, 0.5) is 0 Å². The minimum Gasteiger partial charge on any atom is -0.385 e. The normalized spacial score (nSPS) is 22.8. The third-order valence-corrected chi connectivity index (χ3v) is 4.88. The lowest BCUT2D eigenvalue weighted by atomic mass is 9.85. The van der Waals surface area contributed by atoms with Crippen LogP contribution in [0.2, 0.25) is 0 Å². The molecule has 0 fully saturated rings. The van der Waals surface area contributed by atoms with Gasteiger partial charge in [-0.2, -0.15) is 0 Å². The summed E-state index contributed by atoms with van der Waals surface area (Å²) in [5, 5.41) is 14.2. The minimum atomic E-state index is -0.739. The fraction of sp³-hybridized carbons (Fsp3) is 0.438. The number of hydrogen-bond acceptors (Lipinski definition) is 3. The molecule has 2 nitrogen and oxygen atoms in total. The lowest BCUT2D eigenvalue weighted by Crippen LogP contribution is -2.28. The molecule has 0 radical (unpaired) electrons. The Labute approximate surface area is 118 Å². The summed E-state index contributed by atoms with van der Waals surface area (Å²) in [7, 11) is 0. The topological polar surface area (TPSA) is 33.1 Å². The first-order valence-corrected chi connectivity index (χ1v) is 7.77. The molecule has 1 heterocycles. The van der Waals surface area contributed by atoms with Crippen molar-refractivity contribution in [3.05, 3.63) is 51.5 Å². The smallest absolute Gasteiger partial charge is 0.0962 e. The van der Waals surface area contributed by atoms with Gasteiger partial charge in [0.15, 0.2) is 0 Å². The van der Waals surface area contributed by atoms with Crippen LogP contribution in [0.5, 0.6) is 0 Å². The van der Waals surface area contributed by atoms with Crippen LogP contribution in [0.15, 0.2) is 29.6 Å². The average molecular weight is 273 g/mol. The molecule has 3 rings (SSSR count). The first-order valence-electron chi connectivity index (χ1n) is 6.89. The Morgan fingerprint density at radius 1 is 1.32 bits per heavy atom. The van der Waals surface area contributed by atoms with Crippen LogP contribution in [0.3, 0.4) is 0 Å². The predicted octanol–water partition coefficient (Wildman–Crippen LogP) is 3.61. The second-order valence-corrected chi connectivity index (χ2v) is 6.40. The molecule has 1 aliphatic rings. The maximum absolute atomic E-state index is 11.1. The van der Waals surface area contributed by atoms with E-state index >= 15 is 0 Å². The fourth-order valence-electron chi connectivity index (χ4n) is 2.98. The molecule has 1 N–H and O–H groups in total. The van der Waals surface area contributed by atoms with Gasteiger partial charge in [-0.05, 0) is 43.7 Å². The number of fused-ring (bicyclic) bond motifs is 1. The molecule has 0 aliphatic heterocycles. The van der Waals surface area contributed by atoms with Crippen LogP contribution in [0, 0.1) is 6.92 Å². The summed E-state index contributed by atoms with van der Waals surface area (Å²) in [6, 6.07) is 8.33. The molecule has 100 valence electrons. The van der Waals surface area contributed by atoms with Crippen LogP contribution in [0.25, 0.3) is 0 Å². The molecule has 0 spiro atoms. The molecule has 19 heavy (non-hydrogen) atoms. The highest BCUT2D eigenvalue weighted by molar-refractivity contribution is 7.09. The molecule has 3 heteroatoms. The van der Waals surface area contributed by atoms with Gasteiger partial charge in [0.05, 0.1) is 10.6 Å². The highest BCUT2D eigenvalue weighted by Gasteiger charge is 2.33. The second kappa shape index (κ2) is 5.06. The zero-order chi connectivity index (χ0) is 13.3. The Morgan fingerprint density at radius 2 is 2.16 bits per heavy atom. The monoisotopic (exact) mass is 273 g/mol. The summed E-state index contributed by atoms with van der Waals surface area (Å²) in [6.07, 6.45) is 4.80. The average Bonchev–Trinajstić information content (AvgIpc) is 2.72. The van der Waals surface area contributed by atoms with Crippen molar-refractivity contribution >= 4 is 11.3 Å². The molecule has 0 saturated heterocycles. The van der Waals surface area contributed by atoms with E-state index in [0.717, 1.165) is 41.9 Å². The van der Waals surface area contributed by atoms with Crippen molar-refractivity contribution in [1.29, 1.82) is 0 Å². The molecule has 1 aromatic heterocycles. The van der Waals surface area contributed by atoms with E-state index in [1.165, 1.54) is 5.56 Å². The molecular formula is C16H19NOS. The van der Waals surface area contributed by atoms with Crippen LogP contribution < -0.4 is 0 Å². The summed E-state index contributed by atoms with van der Waals surface area (Å²) >= 11 is 1.65. The van der Waals surface area contributed by atoms with Crippen molar-refractivity contribution in [3.8, 4) is 0 Å². The summed E-state index contributed by atoms with van der Waals surface area (Å²) < 4.78 is 0. The number of aryl methyl sites for hydroxylation is 2. The van der Waals surface area contributed by atoms with E-state index in [1.807, 2.05) is 13.0 Å². The first kappa shape index (κ1) is 12.8. The molecule has 1 unspecified atom stereocenters. The van der Waals surface area contributed by atoms with Crippen molar-refractivity contribution in [1.82, 2.24) is 4.98 Å². The van der Waals surface area contributed by atoms with E-state index in [4.69, 9.17) is 0 Å².